The largest absolute Gasteiger partial charge is 0.461 e. The molecule has 0 aliphatic carbocycles. The molecule has 0 atom stereocenters. The van der Waals surface area contributed by atoms with Crippen molar-refractivity contribution in [2.24, 2.45) is 0 Å². The molecule has 0 aliphatic heterocycles. The van der Waals surface area contributed by atoms with Crippen LogP contribution in [0, 0.1) is 6.92 Å². The van der Waals surface area contributed by atoms with Gasteiger partial charge in [-0.2, -0.15) is 0 Å². The highest BCUT2D eigenvalue weighted by atomic mass is 16.5. The molecule has 1 N–H and O–H groups in total. The van der Waals surface area contributed by atoms with Crippen molar-refractivity contribution in [2.75, 3.05) is 6.61 Å². The van der Waals surface area contributed by atoms with Gasteiger partial charge in [0.1, 0.15) is 5.69 Å². The Morgan fingerprint density at radius 1 is 1.14 bits per heavy atom. The summed E-state index contributed by atoms with van der Waals surface area (Å²) in [7, 11) is 0. The Morgan fingerprint density at radius 2 is 1.90 bits per heavy atom. The molecule has 0 fully saturated rings. The minimum absolute atomic E-state index is 0.311. The summed E-state index contributed by atoms with van der Waals surface area (Å²) in [4.78, 5) is 15.0. The standard InChI is InChI=1S/C18H17NO2/c1-3-21-18(20)17-11-15-12(2)14(9-10-16(15)19-17)13-7-5-4-6-8-13/h4-11,19H,3H2,1-2H3. The number of aryl methyl sites for hydroxylation is 1. The van der Waals surface area contributed by atoms with E-state index < -0.39 is 0 Å². The van der Waals surface area contributed by atoms with Crippen LogP contribution in [0.15, 0.2) is 48.5 Å². The number of aromatic nitrogens is 1. The zero-order valence-electron chi connectivity index (χ0n) is 12.1. The zero-order valence-corrected chi connectivity index (χ0v) is 12.1. The van der Waals surface area contributed by atoms with Gasteiger partial charge in [0.15, 0.2) is 0 Å². The number of carbonyl (C=O) groups is 1. The predicted octanol–water partition coefficient (Wildman–Crippen LogP) is 4.32. The van der Waals surface area contributed by atoms with Crippen LogP contribution in [-0.2, 0) is 4.74 Å². The highest BCUT2D eigenvalue weighted by Gasteiger charge is 2.13. The molecular formula is C18H17NO2. The number of fused-ring (bicyclic) bond motifs is 1. The zero-order chi connectivity index (χ0) is 14.8. The Labute approximate surface area is 123 Å². The molecule has 0 unspecified atom stereocenters. The lowest BCUT2D eigenvalue weighted by molar-refractivity contribution is 0.0520. The molecule has 3 heteroatoms. The van der Waals surface area contributed by atoms with E-state index in [1.807, 2.05) is 30.3 Å². The fraction of sp³-hybridized carbons (Fsp3) is 0.167. The van der Waals surface area contributed by atoms with Crippen LogP contribution in [0.3, 0.4) is 0 Å². The number of aromatic amines is 1. The molecule has 3 aromatic rings. The summed E-state index contributed by atoms with van der Waals surface area (Å²) < 4.78 is 5.04. The van der Waals surface area contributed by atoms with Crippen LogP contribution < -0.4 is 0 Å². The van der Waals surface area contributed by atoms with Crippen LogP contribution in [0.25, 0.3) is 22.0 Å². The van der Waals surface area contributed by atoms with Crippen LogP contribution in [0.1, 0.15) is 23.0 Å². The third-order valence-electron chi connectivity index (χ3n) is 3.65. The molecule has 0 amide bonds. The molecule has 3 nitrogen and oxygen atoms in total. The third kappa shape index (κ3) is 2.42. The van der Waals surface area contributed by atoms with Crippen molar-refractivity contribution in [1.82, 2.24) is 4.98 Å². The van der Waals surface area contributed by atoms with Gasteiger partial charge in [0.05, 0.1) is 6.61 Å². The molecule has 0 saturated heterocycles. The number of hydrogen-bond acceptors (Lipinski definition) is 2. The summed E-state index contributed by atoms with van der Waals surface area (Å²) in [5.74, 6) is -0.311. The lowest BCUT2D eigenvalue weighted by Crippen LogP contribution is -2.04. The Morgan fingerprint density at radius 3 is 2.62 bits per heavy atom. The molecule has 0 aliphatic rings. The SMILES string of the molecule is CCOC(=O)c1cc2c(C)c(-c3ccccc3)ccc2[nH]1. The number of H-pyrrole nitrogens is 1. The number of benzene rings is 2. The molecule has 1 aromatic heterocycles. The fourth-order valence-corrected chi connectivity index (χ4v) is 2.60. The maximum absolute atomic E-state index is 11.8. The van der Waals surface area contributed by atoms with Gasteiger partial charge in [-0.15, -0.1) is 0 Å². The van der Waals surface area contributed by atoms with Gasteiger partial charge in [-0.1, -0.05) is 36.4 Å². The number of carbonyl (C=O) groups excluding carboxylic acids is 1. The van der Waals surface area contributed by atoms with Crippen molar-refractivity contribution in [3.63, 3.8) is 0 Å². The van der Waals surface area contributed by atoms with Gasteiger partial charge in [-0.25, -0.2) is 4.79 Å². The van der Waals surface area contributed by atoms with E-state index in [1.165, 1.54) is 11.1 Å². The fourth-order valence-electron chi connectivity index (χ4n) is 2.60. The van der Waals surface area contributed by atoms with E-state index in [4.69, 9.17) is 4.74 Å². The molecular weight excluding hydrogens is 262 g/mol. The third-order valence-corrected chi connectivity index (χ3v) is 3.65. The Bertz CT molecular complexity index is 788. The normalized spacial score (nSPS) is 10.8. The Balaban J connectivity index is 2.11. The first-order chi connectivity index (χ1) is 10.2. The monoisotopic (exact) mass is 279 g/mol. The average Bonchev–Trinajstić information content (AvgIpc) is 2.94. The second-order valence-electron chi connectivity index (χ2n) is 4.97. The molecule has 106 valence electrons. The van der Waals surface area contributed by atoms with Gasteiger partial charge in [0.2, 0.25) is 0 Å². The second kappa shape index (κ2) is 5.44. The Kier molecular flexibility index (Phi) is 3.48. The first-order valence-corrected chi connectivity index (χ1v) is 7.05. The second-order valence-corrected chi connectivity index (χ2v) is 4.97. The molecule has 2 aromatic carbocycles. The number of hydrogen-bond donors (Lipinski definition) is 1. The minimum Gasteiger partial charge on any atom is -0.461 e. The van der Waals surface area contributed by atoms with E-state index in [2.05, 4.69) is 30.1 Å². The molecule has 0 spiro atoms. The molecule has 3 rings (SSSR count). The Hall–Kier alpha value is -2.55. The van der Waals surface area contributed by atoms with E-state index in [0.29, 0.717) is 12.3 Å². The first-order valence-electron chi connectivity index (χ1n) is 7.05. The molecule has 0 bridgehead atoms. The summed E-state index contributed by atoms with van der Waals surface area (Å²) >= 11 is 0. The maximum atomic E-state index is 11.8. The van der Waals surface area contributed by atoms with E-state index in [1.54, 1.807) is 6.92 Å². The van der Waals surface area contributed by atoms with Crippen molar-refractivity contribution in [1.29, 1.82) is 0 Å². The smallest absolute Gasteiger partial charge is 0.354 e. The van der Waals surface area contributed by atoms with Gasteiger partial charge in [-0.3, -0.25) is 0 Å². The lowest BCUT2D eigenvalue weighted by atomic mass is 9.98. The van der Waals surface area contributed by atoms with Crippen molar-refractivity contribution in [3.05, 3.63) is 59.8 Å². The van der Waals surface area contributed by atoms with Gasteiger partial charge in [0.25, 0.3) is 0 Å². The number of ether oxygens (including phenoxy) is 1. The predicted molar refractivity (Wildman–Crippen MR) is 84.4 cm³/mol. The van der Waals surface area contributed by atoms with Gasteiger partial charge in [0, 0.05) is 10.9 Å². The first kappa shape index (κ1) is 13.4. The van der Waals surface area contributed by atoms with Crippen molar-refractivity contribution in [2.45, 2.75) is 13.8 Å². The topological polar surface area (TPSA) is 42.1 Å². The van der Waals surface area contributed by atoms with Crippen LogP contribution in [0.4, 0.5) is 0 Å². The summed E-state index contributed by atoms with van der Waals surface area (Å²) in [6, 6.07) is 16.2. The minimum atomic E-state index is -0.311. The van der Waals surface area contributed by atoms with E-state index in [0.717, 1.165) is 16.5 Å². The molecule has 1 heterocycles. The lowest BCUT2D eigenvalue weighted by Gasteiger charge is -2.06. The average molecular weight is 279 g/mol. The highest BCUT2D eigenvalue weighted by molar-refractivity contribution is 5.98. The van der Waals surface area contributed by atoms with Crippen molar-refractivity contribution in [3.8, 4) is 11.1 Å². The summed E-state index contributed by atoms with van der Waals surface area (Å²) in [5.41, 5.74) is 4.97. The van der Waals surface area contributed by atoms with Crippen LogP contribution in [0.5, 0.6) is 0 Å². The maximum Gasteiger partial charge on any atom is 0.354 e. The molecule has 0 saturated carbocycles. The van der Waals surface area contributed by atoms with E-state index in [9.17, 15) is 4.79 Å². The van der Waals surface area contributed by atoms with Gasteiger partial charge in [-0.05, 0) is 42.7 Å². The number of rotatable bonds is 3. The summed E-state index contributed by atoms with van der Waals surface area (Å²) in [5, 5.41) is 1.06. The van der Waals surface area contributed by atoms with Crippen molar-refractivity contribution >= 4 is 16.9 Å². The van der Waals surface area contributed by atoms with Gasteiger partial charge >= 0.3 is 5.97 Å². The summed E-state index contributed by atoms with van der Waals surface area (Å²) in [6.07, 6.45) is 0. The summed E-state index contributed by atoms with van der Waals surface area (Å²) in [6.45, 7) is 4.26. The van der Waals surface area contributed by atoms with Crippen LogP contribution >= 0.6 is 0 Å². The number of esters is 1. The molecule has 0 radical (unpaired) electrons. The number of nitrogens with one attached hydrogen (secondary N) is 1. The molecule has 21 heavy (non-hydrogen) atoms. The van der Waals surface area contributed by atoms with Crippen molar-refractivity contribution < 1.29 is 9.53 Å². The van der Waals surface area contributed by atoms with Crippen LogP contribution in [-0.4, -0.2) is 17.6 Å². The quantitative estimate of drug-likeness (QED) is 0.725. The highest BCUT2D eigenvalue weighted by Crippen LogP contribution is 2.30. The van der Waals surface area contributed by atoms with E-state index >= 15 is 0 Å². The van der Waals surface area contributed by atoms with Crippen LogP contribution in [0.2, 0.25) is 0 Å². The van der Waals surface area contributed by atoms with E-state index in [-0.39, 0.29) is 5.97 Å². The van der Waals surface area contributed by atoms with Gasteiger partial charge < -0.3 is 9.72 Å².